The summed E-state index contributed by atoms with van der Waals surface area (Å²) in [6.07, 6.45) is 5.43. The van der Waals surface area contributed by atoms with Gasteiger partial charge in [-0.2, -0.15) is 5.10 Å². The maximum atomic E-state index is 12.4. The summed E-state index contributed by atoms with van der Waals surface area (Å²) in [7, 11) is 0. The van der Waals surface area contributed by atoms with Crippen molar-refractivity contribution < 1.29 is 9.90 Å². The average molecular weight is 327 g/mol. The van der Waals surface area contributed by atoms with E-state index in [0.717, 1.165) is 24.9 Å². The van der Waals surface area contributed by atoms with Gasteiger partial charge in [0.1, 0.15) is 0 Å². The first-order valence-electron chi connectivity index (χ1n) is 8.60. The molecule has 2 atom stereocenters. The molecule has 128 valence electrons. The molecule has 2 heterocycles. The van der Waals surface area contributed by atoms with Gasteiger partial charge in [0.25, 0.3) is 0 Å². The topological polar surface area (TPSA) is 58.4 Å². The minimum Gasteiger partial charge on any atom is -0.391 e. The van der Waals surface area contributed by atoms with E-state index in [1.54, 1.807) is 15.8 Å². The zero-order chi connectivity index (χ0) is 16.9. The number of hydrogen-bond acceptors (Lipinski definition) is 3. The third-order valence-corrected chi connectivity index (χ3v) is 4.73. The molecule has 1 aromatic heterocycles. The molecular weight excluding hydrogens is 302 g/mol. The van der Waals surface area contributed by atoms with E-state index in [4.69, 9.17) is 0 Å². The summed E-state index contributed by atoms with van der Waals surface area (Å²) in [5.41, 5.74) is 2.34. The minimum atomic E-state index is -0.449. The summed E-state index contributed by atoms with van der Waals surface area (Å²) < 4.78 is 1.80. The molecule has 5 nitrogen and oxygen atoms in total. The Balaban J connectivity index is 1.48. The van der Waals surface area contributed by atoms with E-state index in [9.17, 15) is 9.90 Å². The number of carbonyl (C=O) groups excluding carboxylic acids is 1. The van der Waals surface area contributed by atoms with Crippen molar-refractivity contribution >= 4 is 5.91 Å². The third kappa shape index (κ3) is 4.23. The number of aryl methyl sites for hydroxylation is 2. The van der Waals surface area contributed by atoms with Gasteiger partial charge in [-0.15, -0.1) is 0 Å². The lowest BCUT2D eigenvalue weighted by molar-refractivity contribution is -0.135. The fraction of sp³-hybridized carbons (Fsp3) is 0.474. The maximum Gasteiger partial charge on any atom is 0.224 e. The van der Waals surface area contributed by atoms with Crippen molar-refractivity contribution in [3.8, 4) is 0 Å². The normalized spacial score (nSPS) is 21.0. The Labute approximate surface area is 142 Å². The molecule has 1 amide bonds. The van der Waals surface area contributed by atoms with E-state index in [-0.39, 0.29) is 11.8 Å². The van der Waals surface area contributed by atoms with Crippen molar-refractivity contribution in [1.29, 1.82) is 0 Å². The smallest absolute Gasteiger partial charge is 0.224 e. The SMILES string of the molecule is Cc1cnn(CCC(=O)N2CC[C@H](Cc3ccccc3)[C@@H](O)C2)c1. The number of β-amino-alcohol motifs (C(OH)–C–C–N with tert-alkyl or cyclic N) is 1. The number of hydrogen-bond donors (Lipinski definition) is 1. The predicted octanol–water partition coefficient (Wildman–Crippen LogP) is 2.03. The van der Waals surface area contributed by atoms with Gasteiger partial charge in [-0.1, -0.05) is 30.3 Å². The predicted molar refractivity (Wildman–Crippen MR) is 92.4 cm³/mol. The molecule has 1 N–H and O–H groups in total. The fourth-order valence-corrected chi connectivity index (χ4v) is 3.32. The highest BCUT2D eigenvalue weighted by molar-refractivity contribution is 5.76. The van der Waals surface area contributed by atoms with Gasteiger partial charge in [0.05, 0.1) is 12.3 Å². The molecule has 0 radical (unpaired) electrons. The average Bonchev–Trinajstić information content (AvgIpc) is 3.01. The monoisotopic (exact) mass is 327 g/mol. The molecule has 3 rings (SSSR count). The zero-order valence-corrected chi connectivity index (χ0v) is 14.1. The Morgan fingerprint density at radius 3 is 2.79 bits per heavy atom. The molecule has 0 unspecified atom stereocenters. The van der Waals surface area contributed by atoms with Gasteiger partial charge >= 0.3 is 0 Å². The fourth-order valence-electron chi connectivity index (χ4n) is 3.32. The quantitative estimate of drug-likeness (QED) is 0.914. The van der Waals surface area contributed by atoms with E-state index in [1.165, 1.54) is 5.56 Å². The molecular formula is C19H25N3O2. The van der Waals surface area contributed by atoms with Crippen LogP contribution >= 0.6 is 0 Å². The number of benzene rings is 1. The lowest BCUT2D eigenvalue weighted by atomic mass is 9.88. The Bertz CT molecular complexity index is 668. The summed E-state index contributed by atoms with van der Waals surface area (Å²) >= 11 is 0. The molecule has 24 heavy (non-hydrogen) atoms. The molecule has 0 saturated carbocycles. The highest BCUT2D eigenvalue weighted by Crippen LogP contribution is 2.22. The summed E-state index contributed by atoms with van der Waals surface area (Å²) in [6.45, 7) is 3.74. The van der Waals surface area contributed by atoms with Gasteiger partial charge < -0.3 is 10.0 Å². The van der Waals surface area contributed by atoms with Crippen LogP contribution in [0.2, 0.25) is 0 Å². The second-order valence-corrected chi connectivity index (χ2v) is 6.68. The number of amides is 1. The van der Waals surface area contributed by atoms with Crippen LogP contribution in [-0.2, 0) is 17.8 Å². The summed E-state index contributed by atoms with van der Waals surface area (Å²) in [4.78, 5) is 14.2. The van der Waals surface area contributed by atoms with Crippen LogP contribution in [0, 0.1) is 12.8 Å². The minimum absolute atomic E-state index is 0.0976. The van der Waals surface area contributed by atoms with Gasteiger partial charge in [-0.05, 0) is 36.8 Å². The Morgan fingerprint density at radius 2 is 2.12 bits per heavy atom. The van der Waals surface area contributed by atoms with Crippen LogP contribution in [0.4, 0.5) is 0 Å². The third-order valence-electron chi connectivity index (χ3n) is 4.73. The maximum absolute atomic E-state index is 12.4. The van der Waals surface area contributed by atoms with Crippen molar-refractivity contribution in [1.82, 2.24) is 14.7 Å². The molecule has 0 bridgehead atoms. The second kappa shape index (κ2) is 7.62. The Hall–Kier alpha value is -2.14. The first-order chi connectivity index (χ1) is 11.6. The van der Waals surface area contributed by atoms with E-state index < -0.39 is 6.10 Å². The molecule has 0 aliphatic carbocycles. The molecule has 1 fully saturated rings. The highest BCUT2D eigenvalue weighted by atomic mass is 16.3. The first-order valence-corrected chi connectivity index (χ1v) is 8.60. The summed E-state index contributed by atoms with van der Waals surface area (Å²) in [5, 5.41) is 14.6. The van der Waals surface area contributed by atoms with Crippen molar-refractivity contribution in [3.63, 3.8) is 0 Å². The van der Waals surface area contributed by atoms with Crippen LogP contribution in [0.1, 0.15) is 24.0 Å². The molecule has 0 spiro atoms. The van der Waals surface area contributed by atoms with Crippen LogP contribution in [-0.4, -0.2) is 44.9 Å². The molecule has 2 aromatic rings. The number of carbonyl (C=O) groups is 1. The molecule has 1 aliphatic rings. The van der Waals surface area contributed by atoms with Gasteiger partial charge in [0.2, 0.25) is 5.91 Å². The van der Waals surface area contributed by atoms with Crippen molar-refractivity contribution in [2.45, 2.75) is 38.8 Å². The van der Waals surface area contributed by atoms with Crippen molar-refractivity contribution in [3.05, 3.63) is 53.9 Å². The van der Waals surface area contributed by atoms with Crippen molar-refractivity contribution in [2.75, 3.05) is 13.1 Å². The highest BCUT2D eigenvalue weighted by Gasteiger charge is 2.29. The Kier molecular flexibility index (Phi) is 5.30. The largest absolute Gasteiger partial charge is 0.391 e. The number of piperidine rings is 1. The van der Waals surface area contributed by atoms with Gasteiger partial charge in [0.15, 0.2) is 0 Å². The first kappa shape index (κ1) is 16.7. The van der Waals surface area contributed by atoms with Crippen molar-refractivity contribution in [2.24, 2.45) is 5.92 Å². The molecule has 1 aromatic carbocycles. The second-order valence-electron chi connectivity index (χ2n) is 6.68. The number of aliphatic hydroxyl groups is 1. The number of likely N-dealkylation sites (tertiary alicyclic amines) is 1. The number of aromatic nitrogens is 2. The molecule has 1 aliphatic heterocycles. The van der Waals surface area contributed by atoms with Crippen LogP contribution in [0.3, 0.4) is 0 Å². The van der Waals surface area contributed by atoms with E-state index >= 15 is 0 Å². The summed E-state index contributed by atoms with van der Waals surface area (Å²) in [5.74, 6) is 0.325. The molecule has 5 heteroatoms. The van der Waals surface area contributed by atoms with Crippen LogP contribution in [0.25, 0.3) is 0 Å². The Morgan fingerprint density at radius 1 is 1.33 bits per heavy atom. The number of rotatable bonds is 5. The summed E-state index contributed by atoms with van der Waals surface area (Å²) in [6, 6.07) is 10.2. The van der Waals surface area contributed by atoms with E-state index in [1.807, 2.05) is 31.3 Å². The zero-order valence-electron chi connectivity index (χ0n) is 14.1. The molecule has 1 saturated heterocycles. The van der Waals surface area contributed by atoms with E-state index in [0.29, 0.717) is 19.5 Å². The van der Waals surface area contributed by atoms with Gasteiger partial charge in [0, 0.05) is 32.3 Å². The lowest BCUT2D eigenvalue weighted by Gasteiger charge is -2.36. The standard InChI is InChI=1S/C19H25N3O2/c1-15-12-20-22(13-15)10-8-19(24)21-9-7-17(18(23)14-21)11-16-5-3-2-4-6-16/h2-6,12-13,17-18,23H,7-11,14H2,1H3/t17-,18+/m1/s1. The number of aliphatic hydroxyl groups excluding tert-OH is 1. The van der Waals surface area contributed by atoms with Crippen LogP contribution < -0.4 is 0 Å². The van der Waals surface area contributed by atoms with Crippen LogP contribution in [0.5, 0.6) is 0 Å². The van der Waals surface area contributed by atoms with E-state index in [2.05, 4.69) is 17.2 Å². The van der Waals surface area contributed by atoms with Gasteiger partial charge in [-0.25, -0.2) is 0 Å². The van der Waals surface area contributed by atoms with Crippen LogP contribution in [0.15, 0.2) is 42.7 Å². The number of nitrogens with zero attached hydrogens (tertiary/aromatic N) is 3. The lowest BCUT2D eigenvalue weighted by Crippen LogP contribution is -2.47. The van der Waals surface area contributed by atoms with Gasteiger partial charge in [-0.3, -0.25) is 9.48 Å².